The molecule has 0 aromatic carbocycles. The van der Waals surface area contributed by atoms with Gasteiger partial charge >= 0.3 is 18.9 Å². The van der Waals surface area contributed by atoms with Gasteiger partial charge in [0.2, 0.25) is 0 Å². The number of nitrogens with zero attached hydrogens (tertiary/aromatic N) is 2. The van der Waals surface area contributed by atoms with Crippen molar-refractivity contribution in [3.63, 3.8) is 0 Å². The maximum atomic E-state index is 8.58. The third kappa shape index (κ3) is 174. The third-order valence-electron chi connectivity index (χ3n) is 0. The van der Waals surface area contributed by atoms with Crippen LogP contribution < -0.4 is 30.5 Å². The molecule has 0 saturated heterocycles. The van der Waals surface area contributed by atoms with Gasteiger partial charge < -0.3 is 1.43 Å². The standard InChI is InChI=1S/Li.2H2N2O2.H/c;2*1-2(3)4;/h;2*1H2;/q+1;;;-1. The minimum Gasteiger partial charge on any atom is -1.00 e. The molecule has 0 aliphatic carbocycles. The quantitative estimate of drug-likeness (QED) is 0.147. The maximum Gasteiger partial charge on any atom is 1.00 e. The molecule has 0 atom stereocenters. The van der Waals surface area contributed by atoms with Gasteiger partial charge in [0.15, 0.2) is 10.1 Å². The summed E-state index contributed by atoms with van der Waals surface area (Å²) in [6.45, 7) is 0. The summed E-state index contributed by atoms with van der Waals surface area (Å²) in [6.07, 6.45) is 0. The normalized spacial score (nSPS) is 5.33. The molecule has 0 aliphatic heterocycles. The van der Waals surface area contributed by atoms with E-state index < -0.39 is 10.1 Å². The van der Waals surface area contributed by atoms with Gasteiger partial charge in [-0.25, -0.2) is 20.2 Å². The second kappa shape index (κ2) is 10.1. The van der Waals surface area contributed by atoms with Crippen LogP contribution in [-0.2, 0) is 0 Å². The van der Waals surface area contributed by atoms with Crippen molar-refractivity contribution in [1.29, 1.82) is 0 Å². The van der Waals surface area contributed by atoms with Crippen LogP contribution in [0.3, 0.4) is 0 Å². The molecule has 0 amide bonds. The molecule has 4 N–H and O–H groups in total. The SMILES string of the molecule is N[N+](=O)[O-].N[N+](=O)[O-].[H-].[Li+]. The Morgan fingerprint density at radius 1 is 1.11 bits per heavy atom. The van der Waals surface area contributed by atoms with Crippen LogP contribution in [0.2, 0.25) is 0 Å². The Morgan fingerprint density at radius 2 is 1.11 bits per heavy atom. The van der Waals surface area contributed by atoms with E-state index in [1.807, 2.05) is 0 Å². The van der Waals surface area contributed by atoms with Gasteiger partial charge in [0, 0.05) is 0 Å². The van der Waals surface area contributed by atoms with Gasteiger partial charge in [-0.05, 0) is 0 Å². The third-order valence-corrected chi connectivity index (χ3v) is 0. The first-order chi connectivity index (χ1) is 3.46. The zero-order chi connectivity index (χ0) is 7.15. The molecule has 0 unspecified atom stereocenters. The number of hydrogen-bond acceptors (Lipinski definition) is 4. The molecule has 0 heterocycles. The fraction of sp³-hybridized carbons (Fsp3) is 0. The van der Waals surface area contributed by atoms with Crippen molar-refractivity contribution in [1.82, 2.24) is 0 Å². The second-order valence-electron chi connectivity index (χ2n) is 0.571. The predicted molar refractivity (Wildman–Crippen MR) is 23.5 cm³/mol. The van der Waals surface area contributed by atoms with Crippen LogP contribution in [0.1, 0.15) is 1.43 Å². The zero-order valence-corrected chi connectivity index (χ0v) is 4.68. The Balaban J connectivity index is -0.0000000300. The average Bonchev–Trinajstić information content (AvgIpc) is 1.25. The van der Waals surface area contributed by atoms with Crippen LogP contribution in [0.5, 0.6) is 0 Å². The smallest absolute Gasteiger partial charge is 1.00 e. The van der Waals surface area contributed by atoms with Crippen molar-refractivity contribution in [2.24, 2.45) is 11.7 Å². The van der Waals surface area contributed by atoms with Crippen molar-refractivity contribution in [3.05, 3.63) is 20.2 Å². The van der Waals surface area contributed by atoms with E-state index in [-0.39, 0.29) is 20.3 Å². The summed E-state index contributed by atoms with van der Waals surface area (Å²) in [5.41, 5.74) is 0. The number of hydrazine groups is 2. The molecule has 9 heavy (non-hydrogen) atoms. The van der Waals surface area contributed by atoms with Crippen molar-refractivity contribution in [2.45, 2.75) is 0 Å². The molecule has 0 saturated carbocycles. The first kappa shape index (κ1) is 15.7. The summed E-state index contributed by atoms with van der Waals surface area (Å²) in [5.74, 6) is 7.67. The van der Waals surface area contributed by atoms with Gasteiger partial charge in [-0.15, -0.1) is 0 Å². The number of nitro groups is 2. The van der Waals surface area contributed by atoms with Crippen LogP contribution in [0, 0.1) is 20.2 Å². The van der Waals surface area contributed by atoms with Gasteiger partial charge in [0.1, 0.15) is 0 Å². The topological polar surface area (TPSA) is 138 Å². The van der Waals surface area contributed by atoms with E-state index >= 15 is 0 Å². The molecule has 0 aliphatic rings. The minimum absolute atomic E-state index is 0. The van der Waals surface area contributed by atoms with Gasteiger partial charge in [-0.3, -0.25) is 0 Å². The fourth-order valence-corrected chi connectivity index (χ4v) is 0. The van der Waals surface area contributed by atoms with Crippen molar-refractivity contribution in [3.8, 4) is 0 Å². The first-order valence-electron chi connectivity index (χ1n) is 1.25. The molecule has 9 heteroatoms. The average molecular weight is 132 g/mol. The fourth-order valence-electron chi connectivity index (χ4n) is 0. The largest absolute Gasteiger partial charge is 1.00 e. The van der Waals surface area contributed by atoms with Crippen molar-refractivity contribution < 1.29 is 30.4 Å². The van der Waals surface area contributed by atoms with E-state index in [2.05, 4.69) is 11.7 Å². The van der Waals surface area contributed by atoms with Gasteiger partial charge in [-0.2, -0.15) is 11.7 Å². The maximum absolute atomic E-state index is 8.58. The van der Waals surface area contributed by atoms with Crippen LogP contribution in [0.15, 0.2) is 0 Å². The molecular formula is H5LiN4O4. The zero-order valence-electron chi connectivity index (χ0n) is 5.68. The van der Waals surface area contributed by atoms with Crippen LogP contribution in [-0.4, -0.2) is 10.1 Å². The Labute approximate surface area is 63.1 Å². The van der Waals surface area contributed by atoms with Crippen molar-refractivity contribution in [2.75, 3.05) is 0 Å². The summed E-state index contributed by atoms with van der Waals surface area (Å²) in [5, 5.41) is 15.2. The molecule has 8 nitrogen and oxygen atoms in total. The summed E-state index contributed by atoms with van der Waals surface area (Å²) >= 11 is 0. The Bertz CT molecular complexity index is 75.3. The summed E-state index contributed by atoms with van der Waals surface area (Å²) in [4.78, 5) is 17.2. The van der Waals surface area contributed by atoms with Crippen molar-refractivity contribution >= 4 is 0 Å². The number of hydrogen-bond donors (Lipinski definition) is 2. The van der Waals surface area contributed by atoms with Gasteiger partial charge in [0.25, 0.3) is 0 Å². The Kier molecular flexibility index (Phi) is 17.6. The molecule has 0 aromatic heterocycles. The number of nitrogens with two attached hydrogens (primary N) is 2. The Hall–Kier alpha value is -1.00. The monoisotopic (exact) mass is 132 g/mol. The van der Waals surface area contributed by atoms with E-state index in [1.165, 1.54) is 0 Å². The van der Waals surface area contributed by atoms with Crippen LogP contribution in [0.25, 0.3) is 0 Å². The van der Waals surface area contributed by atoms with Crippen LogP contribution >= 0.6 is 0 Å². The minimum atomic E-state index is -1.00. The molecular weight excluding hydrogens is 127 g/mol. The molecule has 0 fully saturated rings. The predicted octanol–water partition coefficient (Wildman–Crippen LogP) is -4.61. The molecule has 50 valence electrons. The van der Waals surface area contributed by atoms with Crippen LogP contribution in [0.4, 0.5) is 0 Å². The summed E-state index contributed by atoms with van der Waals surface area (Å²) < 4.78 is 0. The molecule has 0 aromatic rings. The van der Waals surface area contributed by atoms with Gasteiger partial charge in [0.05, 0.1) is 0 Å². The van der Waals surface area contributed by atoms with E-state index in [1.54, 1.807) is 0 Å². The second-order valence-corrected chi connectivity index (χ2v) is 0.571. The van der Waals surface area contributed by atoms with Gasteiger partial charge in [-0.1, -0.05) is 0 Å². The van der Waals surface area contributed by atoms with E-state index in [0.29, 0.717) is 0 Å². The molecule has 0 radical (unpaired) electrons. The first-order valence-corrected chi connectivity index (χ1v) is 1.25. The summed E-state index contributed by atoms with van der Waals surface area (Å²) in [6, 6.07) is 0. The molecule has 0 spiro atoms. The van der Waals surface area contributed by atoms with E-state index in [0.717, 1.165) is 0 Å². The molecule has 0 rings (SSSR count). The Morgan fingerprint density at radius 3 is 1.11 bits per heavy atom. The summed E-state index contributed by atoms with van der Waals surface area (Å²) in [7, 11) is 0. The number of rotatable bonds is 0. The van der Waals surface area contributed by atoms with E-state index in [4.69, 9.17) is 20.2 Å². The molecule has 0 bridgehead atoms. The van der Waals surface area contributed by atoms with E-state index in [9.17, 15) is 0 Å².